The molecule has 0 aliphatic heterocycles. The van der Waals surface area contributed by atoms with Crippen LogP contribution in [-0.2, 0) is 14.6 Å². The standard InChI is InChI=1S/C14H17NO4S/c16-11-14(8-4-9-14)15-13(17)7-10-20(18,19)12-5-2-1-3-6-12/h1-3,5-7,10,16H,4,8-9,11H2,(H,15,17)/b10-7+. The molecule has 108 valence electrons. The summed E-state index contributed by atoms with van der Waals surface area (Å²) in [5, 5.41) is 12.8. The second kappa shape index (κ2) is 5.76. The van der Waals surface area contributed by atoms with E-state index in [9.17, 15) is 18.3 Å². The van der Waals surface area contributed by atoms with Crippen LogP contribution in [0.5, 0.6) is 0 Å². The average molecular weight is 295 g/mol. The smallest absolute Gasteiger partial charge is 0.245 e. The molecule has 1 aromatic rings. The van der Waals surface area contributed by atoms with E-state index in [1.54, 1.807) is 18.2 Å². The van der Waals surface area contributed by atoms with Crippen molar-refractivity contribution in [3.63, 3.8) is 0 Å². The van der Waals surface area contributed by atoms with Crippen LogP contribution in [0.3, 0.4) is 0 Å². The maximum Gasteiger partial charge on any atom is 0.245 e. The number of hydrogen-bond acceptors (Lipinski definition) is 4. The van der Waals surface area contributed by atoms with Crippen LogP contribution in [0.4, 0.5) is 0 Å². The first-order valence-corrected chi connectivity index (χ1v) is 7.93. The molecule has 1 saturated carbocycles. The van der Waals surface area contributed by atoms with E-state index < -0.39 is 21.3 Å². The van der Waals surface area contributed by atoms with Crippen LogP contribution in [0.2, 0.25) is 0 Å². The van der Waals surface area contributed by atoms with Gasteiger partial charge in [0.2, 0.25) is 5.91 Å². The van der Waals surface area contributed by atoms with Gasteiger partial charge in [0, 0.05) is 11.5 Å². The summed E-state index contributed by atoms with van der Waals surface area (Å²) in [7, 11) is -3.61. The summed E-state index contributed by atoms with van der Waals surface area (Å²) in [6.07, 6.45) is 3.38. The summed E-state index contributed by atoms with van der Waals surface area (Å²) < 4.78 is 23.9. The largest absolute Gasteiger partial charge is 0.394 e. The second-order valence-electron chi connectivity index (χ2n) is 4.94. The summed E-state index contributed by atoms with van der Waals surface area (Å²) in [6.45, 7) is -0.127. The molecule has 5 nitrogen and oxygen atoms in total. The highest BCUT2D eigenvalue weighted by molar-refractivity contribution is 7.94. The number of nitrogens with one attached hydrogen (secondary N) is 1. The van der Waals surface area contributed by atoms with E-state index in [-0.39, 0.29) is 11.5 Å². The van der Waals surface area contributed by atoms with Gasteiger partial charge < -0.3 is 10.4 Å². The van der Waals surface area contributed by atoms with E-state index in [0.717, 1.165) is 17.9 Å². The molecule has 0 atom stereocenters. The minimum Gasteiger partial charge on any atom is -0.394 e. The molecule has 20 heavy (non-hydrogen) atoms. The van der Waals surface area contributed by atoms with Gasteiger partial charge in [-0.05, 0) is 31.4 Å². The molecular formula is C14H17NO4S. The molecule has 0 unspecified atom stereocenters. The summed E-state index contributed by atoms with van der Waals surface area (Å²) >= 11 is 0. The number of benzene rings is 1. The van der Waals surface area contributed by atoms with Gasteiger partial charge >= 0.3 is 0 Å². The molecule has 6 heteroatoms. The van der Waals surface area contributed by atoms with Gasteiger partial charge in [-0.25, -0.2) is 8.42 Å². The predicted octanol–water partition coefficient (Wildman–Crippen LogP) is 1.01. The number of aliphatic hydroxyl groups excluding tert-OH is 1. The Morgan fingerprint density at radius 2 is 1.95 bits per heavy atom. The first-order valence-electron chi connectivity index (χ1n) is 6.39. The maximum absolute atomic E-state index is 11.9. The number of carbonyl (C=O) groups excluding carboxylic acids is 1. The third kappa shape index (κ3) is 3.26. The fourth-order valence-electron chi connectivity index (χ4n) is 2.07. The van der Waals surface area contributed by atoms with Crippen molar-refractivity contribution in [1.82, 2.24) is 5.32 Å². The van der Waals surface area contributed by atoms with E-state index in [0.29, 0.717) is 12.8 Å². The summed E-state index contributed by atoms with van der Waals surface area (Å²) in [5.41, 5.74) is -0.571. The quantitative estimate of drug-likeness (QED) is 0.794. The Balaban J connectivity index is 2.04. The molecular weight excluding hydrogens is 278 g/mol. The third-order valence-corrected chi connectivity index (χ3v) is 4.90. The van der Waals surface area contributed by atoms with Crippen LogP contribution in [0.15, 0.2) is 46.7 Å². The molecule has 0 bridgehead atoms. The molecule has 1 aliphatic carbocycles. The topological polar surface area (TPSA) is 83.5 Å². The number of sulfone groups is 1. The Labute approximate surface area is 118 Å². The lowest BCUT2D eigenvalue weighted by Gasteiger charge is -2.40. The molecule has 1 aromatic carbocycles. The van der Waals surface area contributed by atoms with E-state index in [1.807, 2.05) is 0 Å². The summed E-state index contributed by atoms with van der Waals surface area (Å²) in [5.74, 6) is -0.502. The number of hydrogen-bond donors (Lipinski definition) is 2. The van der Waals surface area contributed by atoms with Crippen LogP contribution in [-0.4, -0.2) is 31.6 Å². The summed E-state index contributed by atoms with van der Waals surface area (Å²) in [4.78, 5) is 11.9. The molecule has 1 fully saturated rings. The third-order valence-electron chi connectivity index (χ3n) is 3.47. The number of amides is 1. The zero-order valence-electron chi connectivity index (χ0n) is 11.0. The van der Waals surface area contributed by atoms with Gasteiger partial charge in [-0.15, -0.1) is 0 Å². The normalized spacial score (nSPS) is 17.6. The van der Waals surface area contributed by atoms with Crippen molar-refractivity contribution in [2.24, 2.45) is 0 Å². The van der Waals surface area contributed by atoms with Crippen molar-refractivity contribution >= 4 is 15.7 Å². The number of carbonyl (C=O) groups is 1. The second-order valence-corrected chi connectivity index (χ2v) is 6.78. The van der Waals surface area contributed by atoms with Gasteiger partial charge in [0.15, 0.2) is 9.84 Å². The van der Waals surface area contributed by atoms with E-state index >= 15 is 0 Å². The molecule has 0 radical (unpaired) electrons. The highest BCUT2D eigenvalue weighted by Gasteiger charge is 2.37. The van der Waals surface area contributed by atoms with Crippen molar-refractivity contribution in [3.8, 4) is 0 Å². The van der Waals surface area contributed by atoms with Gasteiger partial charge in [-0.3, -0.25) is 4.79 Å². The van der Waals surface area contributed by atoms with Crippen molar-refractivity contribution in [2.45, 2.75) is 29.7 Å². The van der Waals surface area contributed by atoms with E-state index in [2.05, 4.69) is 5.32 Å². The van der Waals surface area contributed by atoms with Crippen molar-refractivity contribution in [3.05, 3.63) is 41.8 Å². The fraction of sp³-hybridized carbons (Fsp3) is 0.357. The highest BCUT2D eigenvalue weighted by Crippen LogP contribution is 2.31. The molecule has 0 heterocycles. The van der Waals surface area contributed by atoms with Gasteiger partial charge in [0.05, 0.1) is 17.0 Å². The van der Waals surface area contributed by atoms with Crippen LogP contribution < -0.4 is 5.32 Å². The Bertz CT molecular complexity index is 598. The first-order chi connectivity index (χ1) is 9.47. The lowest BCUT2D eigenvalue weighted by atomic mass is 9.77. The molecule has 0 aromatic heterocycles. The minimum atomic E-state index is -3.61. The molecule has 2 rings (SSSR count). The van der Waals surface area contributed by atoms with E-state index in [1.165, 1.54) is 12.1 Å². The highest BCUT2D eigenvalue weighted by atomic mass is 32.2. The fourth-order valence-corrected chi connectivity index (χ4v) is 3.07. The van der Waals surface area contributed by atoms with Gasteiger partial charge in [0.1, 0.15) is 0 Å². The molecule has 1 amide bonds. The van der Waals surface area contributed by atoms with Crippen LogP contribution in [0.25, 0.3) is 0 Å². The lowest BCUT2D eigenvalue weighted by Crippen LogP contribution is -2.55. The van der Waals surface area contributed by atoms with Crippen LogP contribution in [0, 0.1) is 0 Å². The Morgan fingerprint density at radius 1 is 1.30 bits per heavy atom. The first kappa shape index (κ1) is 14.7. The van der Waals surface area contributed by atoms with Gasteiger partial charge in [-0.2, -0.15) is 0 Å². The Morgan fingerprint density at radius 3 is 2.45 bits per heavy atom. The lowest BCUT2D eigenvalue weighted by molar-refractivity contribution is -0.120. The SMILES string of the molecule is O=C(/C=C/S(=O)(=O)c1ccccc1)NC1(CO)CCC1. The Hall–Kier alpha value is -1.66. The van der Waals surface area contributed by atoms with Crippen LogP contribution in [0.1, 0.15) is 19.3 Å². The molecule has 1 aliphatic rings. The minimum absolute atomic E-state index is 0.127. The molecule has 0 saturated heterocycles. The zero-order valence-corrected chi connectivity index (χ0v) is 11.8. The maximum atomic E-state index is 11.9. The predicted molar refractivity (Wildman–Crippen MR) is 74.6 cm³/mol. The molecule has 2 N–H and O–H groups in total. The summed E-state index contributed by atoms with van der Waals surface area (Å²) in [6, 6.07) is 7.90. The zero-order chi connectivity index (χ0) is 14.6. The monoisotopic (exact) mass is 295 g/mol. The van der Waals surface area contributed by atoms with E-state index in [4.69, 9.17) is 0 Å². The van der Waals surface area contributed by atoms with Gasteiger partial charge in [0.25, 0.3) is 0 Å². The Kier molecular flexibility index (Phi) is 4.25. The van der Waals surface area contributed by atoms with Crippen molar-refractivity contribution in [2.75, 3.05) is 6.61 Å². The van der Waals surface area contributed by atoms with Crippen molar-refractivity contribution in [1.29, 1.82) is 0 Å². The number of rotatable bonds is 5. The average Bonchev–Trinajstić information content (AvgIpc) is 2.42. The number of aliphatic hydroxyl groups is 1. The van der Waals surface area contributed by atoms with Gasteiger partial charge in [-0.1, -0.05) is 18.2 Å². The van der Waals surface area contributed by atoms with Crippen molar-refractivity contribution < 1.29 is 18.3 Å². The van der Waals surface area contributed by atoms with Crippen LogP contribution >= 0.6 is 0 Å². The molecule has 0 spiro atoms.